The monoisotopic (exact) mass is 960 g/mol. The molecule has 0 amide bonds. The minimum absolute atomic E-state index is 0.0310. The molecule has 60 heavy (non-hydrogen) atoms. The number of hydrogen-bond donors (Lipinski definition) is 9. The summed E-state index contributed by atoms with van der Waals surface area (Å²) in [5, 5.41) is 5.15. The molecule has 24 nitrogen and oxygen atoms in total. The summed E-state index contributed by atoms with van der Waals surface area (Å²) >= 11 is 5.76. The van der Waals surface area contributed by atoms with Crippen LogP contribution in [0.25, 0.3) is 6.08 Å². The first-order valence-corrected chi connectivity index (χ1v) is 23.0. The molecule has 0 aliphatic heterocycles. The molecule has 10 N–H and O–H groups in total. The van der Waals surface area contributed by atoms with Crippen molar-refractivity contribution in [2.45, 2.75) is 14.7 Å². The van der Waals surface area contributed by atoms with Crippen LogP contribution in [0.3, 0.4) is 0 Å². The van der Waals surface area contributed by atoms with Crippen molar-refractivity contribution in [1.82, 2.24) is 9.97 Å². The van der Waals surface area contributed by atoms with Gasteiger partial charge in [0.05, 0.1) is 45.6 Å². The molecule has 1 heterocycles. The zero-order valence-electron chi connectivity index (χ0n) is 28.9. The Bertz CT molecular complexity index is 3100. The minimum Gasteiger partial charge on any atom is -0.396 e. The maximum atomic E-state index is 13.9. The average molecular weight is 961 g/mol. The summed E-state index contributed by atoms with van der Waals surface area (Å²) in [4.78, 5) is 16.2. The van der Waals surface area contributed by atoms with Crippen LogP contribution in [0, 0.1) is 12.0 Å². The van der Waals surface area contributed by atoms with E-state index in [2.05, 4.69) is 35.4 Å². The number of sulfone groups is 1. The molecule has 0 atom stereocenters. The van der Waals surface area contributed by atoms with Gasteiger partial charge in [0.1, 0.15) is 19.7 Å². The molecule has 0 spiro atoms. The van der Waals surface area contributed by atoms with Crippen molar-refractivity contribution in [3.05, 3.63) is 81.6 Å². The number of ketones is 1. The summed E-state index contributed by atoms with van der Waals surface area (Å²) in [5.74, 6) is -4.51. The molecule has 1 aliphatic carbocycles. The standard InChI is InChI=1S/C28H23ClF2N8O16S5/c29-21-26(30)34-28(31)35-27(21)33-14-3-6-17(57(43,44)45)16(11-14)37-39-24-19(59(49,50)51)10-12-9-18(58(46,47)48)23(22(32)20(12)25(24)40)38-36-13-1-4-15(5-2-13)56(41,42)8-7-55-60(52,53)54/h1-6,9-11,36-38H,7-8,32H2,(H,33,34,35)(H,43,44,45)(H,46,47,48)(H,49,50,51)(H,52,53,54)/b39-24-. The van der Waals surface area contributed by atoms with E-state index in [0.717, 1.165) is 36.4 Å². The molecule has 0 unspecified atom stereocenters. The maximum absolute atomic E-state index is 13.9. The highest BCUT2D eigenvalue weighted by atomic mass is 35.5. The Hall–Kier alpha value is -5.48. The molecule has 0 fully saturated rings. The number of nitrogen functional groups attached to an aromatic ring is 1. The molecular formula is C28H23ClF2N8O16S5. The van der Waals surface area contributed by atoms with Crippen molar-refractivity contribution < 1.29 is 78.1 Å². The Labute approximate surface area is 341 Å². The van der Waals surface area contributed by atoms with E-state index in [1.165, 1.54) is 0 Å². The van der Waals surface area contributed by atoms with Crippen LogP contribution in [-0.4, -0.2) is 94.1 Å². The first kappa shape index (κ1) is 45.6. The third kappa shape index (κ3) is 10.4. The van der Waals surface area contributed by atoms with Crippen molar-refractivity contribution in [2.24, 2.45) is 5.10 Å². The van der Waals surface area contributed by atoms with E-state index in [1.54, 1.807) is 0 Å². The summed E-state index contributed by atoms with van der Waals surface area (Å²) in [6, 6.07) is 7.28. The number of nitrogens with zero attached hydrogens (tertiary/aromatic N) is 3. The predicted octanol–water partition coefficient (Wildman–Crippen LogP) is 2.15. The third-order valence-corrected chi connectivity index (χ3v) is 12.8. The molecule has 0 bridgehead atoms. The van der Waals surface area contributed by atoms with Crippen LogP contribution < -0.4 is 27.3 Å². The third-order valence-electron chi connectivity index (χ3n) is 7.60. The molecular weight excluding hydrogens is 938 g/mol. The predicted molar refractivity (Wildman–Crippen MR) is 205 cm³/mol. The molecule has 3 aromatic carbocycles. The van der Waals surface area contributed by atoms with Gasteiger partial charge in [-0.3, -0.25) is 33.9 Å². The second kappa shape index (κ2) is 16.5. The molecule has 0 radical (unpaired) electrons. The summed E-state index contributed by atoms with van der Waals surface area (Å²) in [6.07, 6.45) is -1.05. The number of halogens is 3. The molecule has 1 aromatic heterocycles. The number of anilines is 6. The Morgan fingerprint density at radius 1 is 0.800 bits per heavy atom. The molecule has 4 aromatic rings. The smallest absolute Gasteiger partial charge is 0.396 e. The summed E-state index contributed by atoms with van der Waals surface area (Å²) in [5.41, 5.74) is 7.77. The van der Waals surface area contributed by atoms with Gasteiger partial charge in [-0.25, -0.2) is 12.6 Å². The number of Topliss-reactive ketones (excluding diaryl/α,β-unsaturated/α-hetero) is 1. The number of aromatic nitrogens is 2. The fourth-order valence-electron chi connectivity index (χ4n) is 5.04. The number of fused-ring (bicyclic) bond motifs is 1. The highest BCUT2D eigenvalue weighted by Crippen LogP contribution is 2.39. The SMILES string of the molecule is Nc1c(NNc2ccc(S(=O)(=O)CCOS(=O)(=O)O)cc2)c(S(=O)(=O)O)cc2c1C(=O)/C(=N\Nc1cc(Nc3nc(F)nc(F)c3Cl)ccc1S(=O)(=O)O)C(S(=O)(=O)O)=C2. The number of hydrazone groups is 1. The van der Waals surface area contributed by atoms with Crippen molar-refractivity contribution in [2.75, 3.05) is 39.7 Å². The van der Waals surface area contributed by atoms with Crippen molar-refractivity contribution >= 4 is 114 Å². The summed E-state index contributed by atoms with van der Waals surface area (Å²) in [6.45, 7) is -0.926. The maximum Gasteiger partial charge on any atom is 0.397 e. The molecule has 0 saturated heterocycles. The quantitative estimate of drug-likeness (QED) is 0.0271. The van der Waals surface area contributed by atoms with Crippen LogP contribution in [0.1, 0.15) is 15.9 Å². The zero-order chi connectivity index (χ0) is 44.7. The highest BCUT2D eigenvalue weighted by molar-refractivity contribution is 7.91. The second-order valence-electron chi connectivity index (χ2n) is 11.6. The lowest BCUT2D eigenvalue weighted by molar-refractivity contribution is 0.106. The number of hydrazine groups is 1. The molecule has 322 valence electrons. The van der Waals surface area contributed by atoms with Gasteiger partial charge in [0, 0.05) is 5.69 Å². The van der Waals surface area contributed by atoms with Gasteiger partial charge in [0.25, 0.3) is 30.4 Å². The van der Waals surface area contributed by atoms with E-state index >= 15 is 0 Å². The van der Waals surface area contributed by atoms with Crippen LogP contribution in [-0.2, 0) is 54.8 Å². The number of benzene rings is 3. The van der Waals surface area contributed by atoms with E-state index in [0.29, 0.717) is 18.2 Å². The van der Waals surface area contributed by atoms with Gasteiger partial charge in [-0.1, -0.05) is 11.6 Å². The highest BCUT2D eigenvalue weighted by Gasteiger charge is 2.37. The van der Waals surface area contributed by atoms with Gasteiger partial charge in [-0.15, -0.1) is 0 Å². The van der Waals surface area contributed by atoms with Crippen LogP contribution in [0.4, 0.5) is 43.0 Å². The fraction of sp³-hybridized carbons (Fsp3) is 0.0714. The number of carbonyl (C=O) groups is 1. The van der Waals surface area contributed by atoms with Gasteiger partial charge in [0.2, 0.25) is 11.7 Å². The summed E-state index contributed by atoms with van der Waals surface area (Å²) < 4.78 is 191. The van der Waals surface area contributed by atoms with Gasteiger partial charge in [-0.2, -0.15) is 57.5 Å². The van der Waals surface area contributed by atoms with Gasteiger partial charge >= 0.3 is 16.5 Å². The lowest BCUT2D eigenvalue weighted by atomic mass is 9.92. The van der Waals surface area contributed by atoms with Crippen molar-refractivity contribution in [3.63, 3.8) is 0 Å². The van der Waals surface area contributed by atoms with E-state index in [9.17, 15) is 69.3 Å². The van der Waals surface area contributed by atoms with Crippen LogP contribution in [0.2, 0.25) is 5.02 Å². The Kier molecular flexibility index (Phi) is 12.6. The molecule has 0 saturated carbocycles. The topological polar surface area (TPSA) is 390 Å². The van der Waals surface area contributed by atoms with Crippen molar-refractivity contribution in [3.8, 4) is 0 Å². The van der Waals surface area contributed by atoms with E-state index in [4.69, 9.17) is 21.9 Å². The number of nitrogens with two attached hydrogens (primary N) is 1. The Morgan fingerprint density at radius 2 is 1.42 bits per heavy atom. The first-order valence-electron chi connectivity index (χ1n) is 15.3. The zero-order valence-corrected chi connectivity index (χ0v) is 33.7. The lowest BCUT2D eigenvalue weighted by Gasteiger charge is -2.22. The van der Waals surface area contributed by atoms with E-state index in [1.807, 2.05) is 5.43 Å². The fourth-order valence-corrected chi connectivity index (χ4v) is 8.63. The average Bonchev–Trinajstić information content (AvgIpc) is 3.10. The van der Waals surface area contributed by atoms with E-state index < -0.39 is 140 Å². The Balaban J connectivity index is 1.53. The number of hydrogen-bond acceptors (Lipinski definition) is 20. The van der Waals surface area contributed by atoms with E-state index in [-0.39, 0.29) is 16.3 Å². The molecule has 1 aliphatic rings. The first-order chi connectivity index (χ1) is 27.6. The minimum atomic E-state index is -5.48. The summed E-state index contributed by atoms with van der Waals surface area (Å²) in [7, 11) is -25.0. The van der Waals surface area contributed by atoms with Crippen molar-refractivity contribution in [1.29, 1.82) is 0 Å². The molecule has 32 heteroatoms. The molecule has 5 rings (SSSR count). The Morgan fingerprint density at radius 3 is 2.00 bits per heavy atom. The number of carbonyl (C=O) groups excluding carboxylic acids is 1. The lowest BCUT2D eigenvalue weighted by Crippen LogP contribution is -2.29. The second-order valence-corrected chi connectivity index (χ2v) is 19.3. The largest absolute Gasteiger partial charge is 0.397 e. The normalized spacial score (nSPS) is 14.3. The van der Waals surface area contributed by atoms with Crippen LogP contribution in [0.5, 0.6) is 0 Å². The van der Waals surface area contributed by atoms with Crippen LogP contribution in [0.15, 0.2) is 73.2 Å². The van der Waals surface area contributed by atoms with Crippen LogP contribution >= 0.6 is 11.6 Å². The van der Waals surface area contributed by atoms with Gasteiger partial charge in [-0.05, 0) is 60.2 Å². The number of nitrogens with one attached hydrogen (secondary N) is 4. The number of rotatable bonds is 15. The number of allylic oxidation sites excluding steroid dienone is 1. The van der Waals surface area contributed by atoms with Gasteiger partial charge < -0.3 is 16.5 Å². The van der Waals surface area contributed by atoms with Gasteiger partial charge in [0.15, 0.2) is 21.4 Å².